The van der Waals surface area contributed by atoms with Crippen LogP contribution in [0.2, 0.25) is 0 Å². The Balaban J connectivity index is 2.18. The van der Waals surface area contributed by atoms with Gasteiger partial charge in [0.25, 0.3) is 0 Å². The summed E-state index contributed by atoms with van der Waals surface area (Å²) in [4.78, 5) is 0. The molecular formula is C17H28O4S2. The predicted octanol–water partition coefficient (Wildman–Crippen LogP) is 3.12. The molecule has 0 heterocycles. The van der Waals surface area contributed by atoms with E-state index in [1.165, 1.54) is 5.41 Å². The van der Waals surface area contributed by atoms with Crippen LogP contribution in [0.15, 0.2) is 23.6 Å². The maximum Gasteiger partial charge on any atom is 0.171 e. The number of sulfone groups is 2. The van der Waals surface area contributed by atoms with Crippen LogP contribution in [0.5, 0.6) is 0 Å². The molecule has 0 unspecified atom stereocenters. The smallest absolute Gasteiger partial charge is 0.171 e. The zero-order chi connectivity index (χ0) is 17.1. The van der Waals surface area contributed by atoms with Crippen LogP contribution in [-0.2, 0) is 19.7 Å². The molecule has 4 nitrogen and oxygen atoms in total. The molecule has 0 spiro atoms. The highest BCUT2D eigenvalue weighted by Crippen LogP contribution is 2.48. The summed E-state index contributed by atoms with van der Waals surface area (Å²) in [6.07, 6.45) is 9.55. The van der Waals surface area contributed by atoms with Crippen LogP contribution in [-0.4, -0.2) is 33.6 Å². The molecule has 1 fully saturated rings. The van der Waals surface area contributed by atoms with Gasteiger partial charge < -0.3 is 0 Å². The second kappa shape index (κ2) is 7.51. The van der Waals surface area contributed by atoms with Crippen molar-refractivity contribution in [3.8, 4) is 0 Å². The lowest BCUT2D eigenvalue weighted by atomic mass is 9.93. The van der Waals surface area contributed by atoms with Gasteiger partial charge in [-0.05, 0) is 31.1 Å². The summed E-state index contributed by atoms with van der Waals surface area (Å²) in [7, 11) is -6.42. The van der Waals surface area contributed by atoms with E-state index in [1.807, 2.05) is 19.9 Å². The second-order valence-electron chi connectivity index (χ2n) is 6.76. The Bertz CT molecular complexity index is 659. The van der Waals surface area contributed by atoms with Crippen molar-refractivity contribution in [3.63, 3.8) is 0 Å². The number of unbranched alkanes of at least 4 members (excludes halogenated alkanes) is 2. The van der Waals surface area contributed by atoms with Crippen LogP contribution in [0.25, 0.3) is 0 Å². The lowest BCUT2D eigenvalue weighted by Gasteiger charge is -2.25. The Morgan fingerprint density at radius 3 is 2.22 bits per heavy atom. The fourth-order valence-corrected chi connectivity index (χ4v) is 7.40. The molecule has 0 amide bonds. The molecular weight excluding hydrogens is 332 g/mol. The van der Waals surface area contributed by atoms with E-state index in [9.17, 15) is 16.8 Å². The van der Waals surface area contributed by atoms with Gasteiger partial charge in [0.2, 0.25) is 0 Å². The summed E-state index contributed by atoms with van der Waals surface area (Å²) in [5.41, 5.74) is 0. The van der Waals surface area contributed by atoms with E-state index < -0.39 is 24.9 Å². The number of hydrogen-bond acceptors (Lipinski definition) is 4. The van der Waals surface area contributed by atoms with Gasteiger partial charge >= 0.3 is 0 Å². The van der Waals surface area contributed by atoms with E-state index in [2.05, 4.69) is 6.08 Å². The van der Waals surface area contributed by atoms with Gasteiger partial charge in [-0.15, -0.1) is 0 Å². The Morgan fingerprint density at radius 1 is 0.957 bits per heavy atom. The van der Waals surface area contributed by atoms with Crippen molar-refractivity contribution in [3.05, 3.63) is 23.6 Å². The van der Waals surface area contributed by atoms with E-state index >= 15 is 0 Å². The van der Waals surface area contributed by atoms with Crippen molar-refractivity contribution in [1.29, 1.82) is 0 Å². The summed E-state index contributed by atoms with van der Waals surface area (Å²) < 4.78 is 49.4. The largest absolute Gasteiger partial charge is 0.229 e. The van der Waals surface area contributed by atoms with E-state index in [0.29, 0.717) is 12.8 Å². The quantitative estimate of drug-likeness (QED) is 0.593. The highest BCUT2D eigenvalue weighted by atomic mass is 32.2. The summed E-state index contributed by atoms with van der Waals surface area (Å²) >= 11 is 0. The fraction of sp³-hybridized carbons (Fsp3) is 0.765. The van der Waals surface area contributed by atoms with Gasteiger partial charge in [0, 0.05) is 11.3 Å². The molecule has 6 heteroatoms. The van der Waals surface area contributed by atoms with Gasteiger partial charge in [0.1, 0.15) is 0 Å². The first-order chi connectivity index (χ1) is 10.8. The second-order valence-corrected chi connectivity index (χ2v) is 11.0. The van der Waals surface area contributed by atoms with Gasteiger partial charge in [0.15, 0.2) is 19.7 Å². The molecule has 23 heavy (non-hydrogen) atoms. The lowest BCUT2D eigenvalue weighted by Crippen LogP contribution is -2.34. The van der Waals surface area contributed by atoms with Crippen molar-refractivity contribution >= 4 is 19.7 Å². The first-order valence-corrected chi connectivity index (χ1v) is 12.0. The summed E-state index contributed by atoms with van der Waals surface area (Å²) in [6.45, 7) is 3.93. The minimum atomic E-state index is -3.23. The van der Waals surface area contributed by atoms with Crippen molar-refractivity contribution in [2.45, 2.75) is 51.2 Å². The molecule has 2 rings (SSSR count). The van der Waals surface area contributed by atoms with Crippen LogP contribution in [0.1, 0.15) is 46.0 Å². The van der Waals surface area contributed by atoms with E-state index in [1.54, 1.807) is 6.08 Å². The van der Waals surface area contributed by atoms with Gasteiger partial charge in [-0.2, -0.15) is 0 Å². The summed E-state index contributed by atoms with van der Waals surface area (Å²) in [5.74, 6) is 0.374. The molecule has 1 saturated carbocycles. The number of allylic oxidation sites excluding steroid dienone is 3. The number of rotatable bonds is 9. The maximum absolute atomic E-state index is 12.7. The Kier molecular flexibility index (Phi) is 6.11. The van der Waals surface area contributed by atoms with E-state index in [0.717, 1.165) is 19.3 Å². The van der Waals surface area contributed by atoms with Gasteiger partial charge in [-0.1, -0.05) is 44.9 Å². The molecule has 2 bridgehead atoms. The van der Waals surface area contributed by atoms with Crippen molar-refractivity contribution in [2.75, 3.05) is 11.5 Å². The molecule has 0 aromatic rings. The molecule has 0 aliphatic heterocycles. The Hall–Kier alpha value is -0.620. The third-order valence-electron chi connectivity index (χ3n) is 4.93. The highest BCUT2D eigenvalue weighted by Gasteiger charge is 2.49. The monoisotopic (exact) mass is 360 g/mol. The topological polar surface area (TPSA) is 68.3 Å². The standard InChI is InChI=1S/C17H28O4S2/c1-3-5-10-22(18,19)12-9-16-14-7-8-15(13-14)17(16)23(20,21)11-6-4-2/h7-9,12,14-17H,3-6,10-11,13H2,1-2H3/b12-9+/t14-,15-,16+,17+/m0/s1. The van der Waals surface area contributed by atoms with Crippen LogP contribution in [0, 0.1) is 17.8 Å². The van der Waals surface area contributed by atoms with E-state index in [4.69, 9.17) is 0 Å². The van der Waals surface area contributed by atoms with Crippen molar-refractivity contribution in [2.24, 2.45) is 17.8 Å². The van der Waals surface area contributed by atoms with Gasteiger partial charge in [-0.3, -0.25) is 0 Å². The molecule has 132 valence electrons. The third kappa shape index (κ3) is 4.47. The lowest BCUT2D eigenvalue weighted by molar-refractivity contribution is 0.513. The highest BCUT2D eigenvalue weighted by molar-refractivity contribution is 7.94. The van der Waals surface area contributed by atoms with Crippen LogP contribution >= 0.6 is 0 Å². The molecule has 2 aliphatic carbocycles. The fourth-order valence-electron chi connectivity index (χ4n) is 3.68. The SMILES string of the molecule is CCCCS(=O)(=O)/C=C/[C@H]1[C@H](S(=O)(=O)CCCC)[C@H]2C=C[C@H]1C2. The minimum Gasteiger partial charge on any atom is -0.229 e. The summed E-state index contributed by atoms with van der Waals surface area (Å²) in [6, 6.07) is 0. The van der Waals surface area contributed by atoms with Crippen molar-refractivity contribution in [1.82, 2.24) is 0 Å². The first-order valence-electron chi connectivity index (χ1n) is 8.61. The maximum atomic E-state index is 12.7. The minimum absolute atomic E-state index is 0.0508. The molecule has 0 radical (unpaired) electrons. The Labute approximate surface area is 140 Å². The summed E-state index contributed by atoms with van der Waals surface area (Å²) in [5, 5.41) is 0.825. The average Bonchev–Trinajstić information content (AvgIpc) is 3.10. The van der Waals surface area contributed by atoms with Gasteiger partial charge in [0.05, 0.1) is 16.8 Å². The Morgan fingerprint density at radius 2 is 1.57 bits per heavy atom. The van der Waals surface area contributed by atoms with Crippen LogP contribution < -0.4 is 0 Å². The third-order valence-corrected chi connectivity index (χ3v) is 8.71. The van der Waals surface area contributed by atoms with Crippen molar-refractivity contribution < 1.29 is 16.8 Å². The molecule has 2 aliphatic rings. The first kappa shape index (κ1) is 18.7. The molecule has 0 saturated heterocycles. The molecule has 4 atom stereocenters. The molecule has 0 N–H and O–H groups in total. The van der Waals surface area contributed by atoms with Crippen LogP contribution in [0.3, 0.4) is 0 Å². The predicted molar refractivity (Wildman–Crippen MR) is 94.5 cm³/mol. The normalized spacial score (nSPS) is 30.5. The molecule has 0 aromatic carbocycles. The van der Waals surface area contributed by atoms with Gasteiger partial charge in [-0.25, -0.2) is 16.8 Å². The number of hydrogen-bond donors (Lipinski definition) is 0. The average molecular weight is 361 g/mol. The van der Waals surface area contributed by atoms with E-state index in [-0.39, 0.29) is 29.3 Å². The zero-order valence-corrected chi connectivity index (χ0v) is 15.7. The molecule has 0 aromatic heterocycles. The number of fused-ring (bicyclic) bond motifs is 2. The van der Waals surface area contributed by atoms with Crippen LogP contribution in [0.4, 0.5) is 0 Å². The zero-order valence-electron chi connectivity index (χ0n) is 14.0.